The van der Waals surface area contributed by atoms with Crippen LogP contribution in [0.4, 0.5) is 5.82 Å². The maximum Gasteiger partial charge on any atom is 0.125 e. The number of hydrogen-bond acceptors (Lipinski definition) is 3. The lowest BCUT2D eigenvalue weighted by atomic mass is 10.1. The van der Waals surface area contributed by atoms with Gasteiger partial charge < -0.3 is 10.6 Å². The first kappa shape index (κ1) is 13.0. The minimum atomic E-state index is 0.152. The zero-order valence-corrected chi connectivity index (χ0v) is 10.8. The summed E-state index contributed by atoms with van der Waals surface area (Å²) in [7, 11) is 0. The molecule has 1 aromatic rings. The third-order valence-corrected chi connectivity index (χ3v) is 2.20. The molecule has 0 aromatic carbocycles. The normalized spacial score (nSPS) is 11.5. The molecule has 0 spiro atoms. The van der Waals surface area contributed by atoms with Gasteiger partial charge in [-0.3, -0.25) is 0 Å². The van der Waals surface area contributed by atoms with Crippen LogP contribution >= 0.6 is 0 Å². The first-order valence-corrected chi connectivity index (χ1v) is 5.95. The van der Waals surface area contributed by atoms with E-state index in [2.05, 4.69) is 49.4 Å². The predicted molar refractivity (Wildman–Crippen MR) is 69.6 cm³/mol. The molecule has 16 heavy (non-hydrogen) atoms. The fraction of sp³-hybridized carbons (Fsp3) is 0.615. The van der Waals surface area contributed by atoms with Crippen molar-refractivity contribution in [1.29, 1.82) is 0 Å². The third kappa shape index (κ3) is 5.12. The molecular weight excluding hydrogens is 198 g/mol. The van der Waals surface area contributed by atoms with Crippen molar-refractivity contribution in [2.24, 2.45) is 0 Å². The van der Waals surface area contributed by atoms with Gasteiger partial charge in [-0.2, -0.15) is 0 Å². The highest BCUT2D eigenvalue weighted by molar-refractivity contribution is 5.35. The van der Waals surface area contributed by atoms with Gasteiger partial charge in [-0.15, -0.1) is 0 Å². The van der Waals surface area contributed by atoms with E-state index < -0.39 is 0 Å². The van der Waals surface area contributed by atoms with Crippen molar-refractivity contribution in [3.63, 3.8) is 0 Å². The molecule has 0 bridgehead atoms. The summed E-state index contributed by atoms with van der Waals surface area (Å²) in [6, 6.07) is 4.15. The molecule has 2 N–H and O–H groups in total. The summed E-state index contributed by atoms with van der Waals surface area (Å²) in [4.78, 5) is 4.37. The van der Waals surface area contributed by atoms with Gasteiger partial charge >= 0.3 is 0 Å². The molecule has 1 heterocycles. The molecule has 0 aliphatic heterocycles. The fourth-order valence-corrected chi connectivity index (χ4v) is 1.25. The van der Waals surface area contributed by atoms with Crippen molar-refractivity contribution in [2.75, 3.05) is 11.9 Å². The molecule has 0 unspecified atom stereocenters. The molecular formula is C13H23N3. The Kier molecular flexibility index (Phi) is 4.74. The van der Waals surface area contributed by atoms with E-state index in [-0.39, 0.29) is 5.54 Å². The molecule has 0 aliphatic rings. The number of pyridine rings is 1. The maximum atomic E-state index is 4.37. The van der Waals surface area contributed by atoms with E-state index in [9.17, 15) is 0 Å². The van der Waals surface area contributed by atoms with Crippen molar-refractivity contribution in [3.8, 4) is 0 Å². The van der Waals surface area contributed by atoms with E-state index in [1.807, 2.05) is 12.3 Å². The second-order valence-electron chi connectivity index (χ2n) is 5.08. The van der Waals surface area contributed by atoms with E-state index >= 15 is 0 Å². The van der Waals surface area contributed by atoms with Crippen LogP contribution < -0.4 is 10.6 Å². The van der Waals surface area contributed by atoms with Gasteiger partial charge in [0.15, 0.2) is 0 Å². The monoisotopic (exact) mass is 221 g/mol. The lowest BCUT2D eigenvalue weighted by Gasteiger charge is -2.20. The van der Waals surface area contributed by atoms with Gasteiger partial charge in [0.2, 0.25) is 0 Å². The lowest BCUT2D eigenvalue weighted by molar-refractivity contribution is 0.424. The molecule has 3 nitrogen and oxygen atoms in total. The van der Waals surface area contributed by atoms with Gasteiger partial charge in [0, 0.05) is 24.8 Å². The number of nitrogens with one attached hydrogen (secondary N) is 2. The summed E-state index contributed by atoms with van der Waals surface area (Å²) >= 11 is 0. The van der Waals surface area contributed by atoms with Crippen LogP contribution in [0.25, 0.3) is 0 Å². The zero-order valence-electron chi connectivity index (χ0n) is 10.8. The maximum absolute atomic E-state index is 4.37. The predicted octanol–water partition coefficient (Wildman–Crippen LogP) is 2.79. The number of anilines is 1. The minimum absolute atomic E-state index is 0.152. The topological polar surface area (TPSA) is 37.0 Å². The highest BCUT2D eigenvalue weighted by Gasteiger charge is 2.08. The number of aromatic nitrogens is 1. The van der Waals surface area contributed by atoms with Crippen LogP contribution in [-0.4, -0.2) is 17.1 Å². The van der Waals surface area contributed by atoms with Crippen molar-refractivity contribution in [1.82, 2.24) is 10.3 Å². The highest BCUT2D eigenvalue weighted by Crippen LogP contribution is 2.07. The molecule has 0 amide bonds. The molecule has 90 valence electrons. The van der Waals surface area contributed by atoms with Crippen LogP contribution in [0.2, 0.25) is 0 Å². The van der Waals surface area contributed by atoms with E-state index in [4.69, 9.17) is 0 Å². The van der Waals surface area contributed by atoms with Crippen LogP contribution in [-0.2, 0) is 6.54 Å². The smallest absolute Gasteiger partial charge is 0.125 e. The van der Waals surface area contributed by atoms with Gasteiger partial charge in [0.1, 0.15) is 5.82 Å². The summed E-state index contributed by atoms with van der Waals surface area (Å²) in [6.45, 7) is 10.5. The average molecular weight is 221 g/mol. The number of hydrogen-bond donors (Lipinski definition) is 2. The Bertz CT molecular complexity index is 298. The molecule has 0 fully saturated rings. The number of nitrogens with zero attached hydrogens (tertiary/aromatic N) is 1. The van der Waals surface area contributed by atoms with Crippen molar-refractivity contribution < 1.29 is 0 Å². The summed E-state index contributed by atoms with van der Waals surface area (Å²) in [5, 5.41) is 6.70. The minimum Gasteiger partial charge on any atom is -0.370 e. The van der Waals surface area contributed by atoms with E-state index in [0.29, 0.717) is 0 Å². The molecule has 1 rings (SSSR count). The van der Waals surface area contributed by atoms with Crippen LogP contribution in [0.5, 0.6) is 0 Å². The summed E-state index contributed by atoms with van der Waals surface area (Å²) in [6.07, 6.45) is 3.05. The molecule has 0 saturated carbocycles. The van der Waals surface area contributed by atoms with Gasteiger partial charge in [-0.1, -0.05) is 13.0 Å². The Balaban J connectivity index is 2.45. The van der Waals surface area contributed by atoms with Crippen LogP contribution in [0.15, 0.2) is 18.3 Å². The Morgan fingerprint density at radius 1 is 1.25 bits per heavy atom. The summed E-state index contributed by atoms with van der Waals surface area (Å²) < 4.78 is 0. The zero-order chi connectivity index (χ0) is 12.0. The van der Waals surface area contributed by atoms with Gasteiger partial charge in [0.25, 0.3) is 0 Å². The molecule has 0 radical (unpaired) electrons. The highest BCUT2D eigenvalue weighted by atomic mass is 15.0. The van der Waals surface area contributed by atoms with E-state index in [1.54, 1.807) is 0 Å². The first-order chi connectivity index (χ1) is 7.51. The molecule has 0 saturated heterocycles. The van der Waals surface area contributed by atoms with Crippen LogP contribution in [0.3, 0.4) is 0 Å². The summed E-state index contributed by atoms with van der Waals surface area (Å²) in [5.74, 6) is 0.960. The SMILES string of the molecule is CCCNc1ccc(CNC(C)(C)C)cn1. The summed E-state index contributed by atoms with van der Waals surface area (Å²) in [5.41, 5.74) is 1.37. The Labute approximate surface area is 98.7 Å². The molecule has 3 heteroatoms. The van der Waals surface area contributed by atoms with Crippen molar-refractivity contribution in [3.05, 3.63) is 23.9 Å². The Morgan fingerprint density at radius 3 is 2.50 bits per heavy atom. The molecule has 0 atom stereocenters. The van der Waals surface area contributed by atoms with Gasteiger partial charge in [0.05, 0.1) is 0 Å². The third-order valence-electron chi connectivity index (χ3n) is 2.20. The molecule has 0 aliphatic carbocycles. The second kappa shape index (κ2) is 5.85. The average Bonchev–Trinajstić information content (AvgIpc) is 2.24. The second-order valence-corrected chi connectivity index (χ2v) is 5.08. The first-order valence-electron chi connectivity index (χ1n) is 5.95. The van der Waals surface area contributed by atoms with Crippen molar-refractivity contribution in [2.45, 2.75) is 46.2 Å². The fourth-order valence-electron chi connectivity index (χ4n) is 1.25. The van der Waals surface area contributed by atoms with E-state index in [1.165, 1.54) is 5.56 Å². The lowest BCUT2D eigenvalue weighted by Crippen LogP contribution is -2.35. The Hall–Kier alpha value is -1.09. The van der Waals surface area contributed by atoms with E-state index in [0.717, 1.165) is 25.3 Å². The largest absolute Gasteiger partial charge is 0.370 e. The van der Waals surface area contributed by atoms with Crippen LogP contribution in [0, 0.1) is 0 Å². The van der Waals surface area contributed by atoms with Gasteiger partial charge in [-0.25, -0.2) is 4.98 Å². The molecule has 1 aromatic heterocycles. The number of rotatable bonds is 5. The standard InChI is InChI=1S/C13H23N3/c1-5-8-14-12-7-6-11(9-15-12)10-16-13(2,3)4/h6-7,9,16H,5,8,10H2,1-4H3,(H,14,15). The van der Waals surface area contributed by atoms with Gasteiger partial charge in [-0.05, 0) is 38.8 Å². The van der Waals surface area contributed by atoms with Crippen LogP contribution in [0.1, 0.15) is 39.7 Å². The van der Waals surface area contributed by atoms with Crippen molar-refractivity contribution >= 4 is 5.82 Å². The quantitative estimate of drug-likeness (QED) is 0.803. The Morgan fingerprint density at radius 2 is 2.00 bits per heavy atom.